The Morgan fingerprint density at radius 3 is 2.39 bits per heavy atom. The number of methoxy groups -OCH3 is 1. The lowest BCUT2D eigenvalue weighted by atomic mass is 9.84. The summed E-state index contributed by atoms with van der Waals surface area (Å²) < 4.78 is 60.0. The maximum Gasteiger partial charge on any atom is 0.261 e. The van der Waals surface area contributed by atoms with Gasteiger partial charge in [-0.1, -0.05) is 6.92 Å². The number of rotatable bonds is 7. The third-order valence-corrected chi connectivity index (χ3v) is 7.21. The van der Waals surface area contributed by atoms with Crippen molar-refractivity contribution in [1.82, 2.24) is 15.1 Å². The van der Waals surface area contributed by atoms with Crippen LogP contribution in [0.15, 0.2) is 12.1 Å². The van der Waals surface area contributed by atoms with Crippen molar-refractivity contribution in [3.8, 4) is 5.75 Å². The number of carbonyl (C=O) groups excluding carboxylic acids is 3. The van der Waals surface area contributed by atoms with E-state index in [9.17, 15) is 31.9 Å². The average Bonchev–Trinajstić information content (AvgIpc) is 3.31. The van der Waals surface area contributed by atoms with Gasteiger partial charge in [0.15, 0.2) is 17.3 Å². The first kappa shape index (κ1) is 26.2. The molecule has 0 aromatic heterocycles. The number of benzene rings is 1. The van der Waals surface area contributed by atoms with Crippen LogP contribution in [0.1, 0.15) is 26.2 Å². The highest BCUT2D eigenvalue weighted by Crippen LogP contribution is 2.33. The Morgan fingerprint density at radius 2 is 1.83 bits per heavy atom. The molecule has 3 aliphatic rings. The zero-order chi connectivity index (χ0) is 26.3. The largest absolute Gasteiger partial charge is 0.493 e. The molecule has 0 unspecified atom stereocenters. The quantitative estimate of drug-likeness (QED) is 0.442. The van der Waals surface area contributed by atoms with Crippen LogP contribution in [0, 0.1) is 17.6 Å². The van der Waals surface area contributed by atoms with Crippen molar-refractivity contribution in [3.63, 3.8) is 0 Å². The second-order valence-corrected chi connectivity index (χ2v) is 9.91. The van der Waals surface area contributed by atoms with Crippen LogP contribution in [0.3, 0.4) is 0 Å². The summed E-state index contributed by atoms with van der Waals surface area (Å²) in [6.07, 6.45) is -0.631. The Labute approximate surface area is 206 Å². The normalized spacial score (nSPS) is 25.3. The Bertz CT molecular complexity index is 1050. The molecule has 8 nitrogen and oxygen atoms in total. The van der Waals surface area contributed by atoms with E-state index in [1.54, 1.807) is 11.8 Å². The highest BCUT2D eigenvalue weighted by Gasteiger charge is 2.51. The van der Waals surface area contributed by atoms with Gasteiger partial charge in [-0.05, 0) is 6.42 Å². The lowest BCUT2D eigenvalue weighted by Crippen LogP contribution is -2.57. The van der Waals surface area contributed by atoms with Crippen LogP contribution in [-0.4, -0.2) is 91.8 Å². The first-order valence-corrected chi connectivity index (χ1v) is 11.9. The van der Waals surface area contributed by atoms with Crippen molar-refractivity contribution in [2.24, 2.45) is 5.92 Å². The number of halogens is 4. The summed E-state index contributed by atoms with van der Waals surface area (Å²) in [6, 6.07) is 2.48. The van der Waals surface area contributed by atoms with E-state index in [1.807, 2.05) is 4.90 Å². The molecule has 0 spiro atoms. The Hall–Kier alpha value is -2.89. The second kappa shape index (κ2) is 9.87. The van der Waals surface area contributed by atoms with Gasteiger partial charge in [0.25, 0.3) is 5.92 Å². The van der Waals surface area contributed by atoms with E-state index in [4.69, 9.17) is 4.74 Å². The molecule has 3 aliphatic heterocycles. The van der Waals surface area contributed by atoms with Crippen LogP contribution in [0.25, 0.3) is 0 Å². The second-order valence-electron chi connectivity index (χ2n) is 9.91. The molecule has 3 heterocycles. The Morgan fingerprint density at radius 1 is 1.14 bits per heavy atom. The average molecular weight is 515 g/mol. The smallest absolute Gasteiger partial charge is 0.261 e. The van der Waals surface area contributed by atoms with E-state index in [2.05, 4.69) is 5.32 Å². The molecule has 0 bridgehead atoms. The summed E-state index contributed by atoms with van der Waals surface area (Å²) in [6.45, 7) is 2.59. The first-order valence-electron chi connectivity index (χ1n) is 11.9. The van der Waals surface area contributed by atoms with Gasteiger partial charge in [0.1, 0.15) is 5.54 Å². The van der Waals surface area contributed by atoms with Crippen LogP contribution in [0.5, 0.6) is 5.75 Å². The molecule has 12 heteroatoms. The number of alkyl halides is 2. The SMILES string of the molecule is COc1cc(N2CCN(C(=O)[C@@H](C)C[C@@]3(CN4CCC(F)(F)C4)NC(=O)CC3=O)CC2)cc(F)c1F. The van der Waals surface area contributed by atoms with Gasteiger partial charge in [-0.25, -0.2) is 13.2 Å². The van der Waals surface area contributed by atoms with Gasteiger partial charge in [-0.3, -0.25) is 19.3 Å². The van der Waals surface area contributed by atoms with E-state index < -0.39 is 41.5 Å². The number of nitrogens with zero attached hydrogens (tertiary/aromatic N) is 3. The molecule has 1 aromatic rings. The van der Waals surface area contributed by atoms with Crippen LogP contribution < -0.4 is 15.0 Å². The van der Waals surface area contributed by atoms with E-state index in [0.717, 1.165) is 6.07 Å². The van der Waals surface area contributed by atoms with Crippen molar-refractivity contribution in [3.05, 3.63) is 23.8 Å². The molecule has 0 radical (unpaired) electrons. The number of hydrogen-bond acceptors (Lipinski definition) is 6. The number of ether oxygens (including phenoxy) is 1. The number of ketones is 1. The monoisotopic (exact) mass is 514 g/mol. The molecule has 2 amide bonds. The minimum absolute atomic E-state index is 0.0130. The number of carbonyl (C=O) groups is 3. The minimum Gasteiger partial charge on any atom is -0.493 e. The number of amides is 2. The van der Waals surface area contributed by atoms with E-state index >= 15 is 0 Å². The predicted octanol–water partition coefficient (Wildman–Crippen LogP) is 1.82. The number of anilines is 1. The predicted molar refractivity (Wildman–Crippen MR) is 122 cm³/mol. The molecule has 1 aromatic carbocycles. The fraction of sp³-hybridized carbons (Fsp3) is 0.625. The van der Waals surface area contributed by atoms with Gasteiger partial charge >= 0.3 is 0 Å². The number of piperazine rings is 1. The maximum atomic E-state index is 13.9. The van der Waals surface area contributed by atoms with E-state index in [-0.39, 0.29) is 49.8 Å². The molecule has 3 saturated heterocycles. The molecule has 4 rings (SSSR count). The maximum absolute atomic E-state index is 13.9. The number of likely N-dealkylation sites (tertiary alicyclic amines) is 1. The van der Waals surface area contributed by atoms with Gasteiger partial charge in [-0.15, -0.1) is 0 Å². The number of nitrogens with one attached hydrogen (secondary N) is 1. The third kappa shape index (κ3) is 5.28. The lowest BCUT2D eigenvalue weighted by Gasteiger charge is -2.39. The minimum atomic E-state index is -2.84. The number of hydrogen-bond donors (Lipinski definition) is 1. The molecule has 3 fully saturated rings. The highest BCUT2D eigenvalue weighted by molar-refractivity contribution is 6.10. The van der Waals surface area contributed by atoms with Crippen molar-refractivity contribution in [2.75, 3.05) is 57.8 Å². The van der Waals surface area contributed by atoms with Gasteiger partial charge in [-0.2, -0.15) is 4.39 Å². The summed E-state index contributed by atoms with van der Waals surface area (Å²) in [7, 11) is 1.25. The lowest BCUT2D eigenvalue weighted by molar-refractivity contribution is -0.137. The molecule has 1 N–H and O–H groups in total. The third-order valence-electron chi connectivity index (χ3n) is 7.21. The zero-order valence-electron chi connectivity index (χ0n) is 20.3. The molecule has 36 heavy (non-hydrogen) atoms. The van der Waals surface area contributed by atoms with Gasteiger partial charge in [0, 0.05) is 69.4 Å². The summed E-state index contributed by atoms with van der Waals surface area (Å²) >= 11 is 0. The van der Waals surface area contributed by atoms with Crippen molar-refractivity contribution >= 4 is 23.3 Å². The van der Waals surface area contributed by atoms with Crippen molar-refractivity contribution in [2.45, 2.75) is 37.6 Å². The van der Waals surface area contributed by atoms with Crippen LogP contribution in [0.4, 0.5) is 23.2 Å². The molecule has 2 atom stereocenters. The van der Waals surface area contributed by atoms with Crippen LogP contribution >= 0.6 is 0 Å². The molecule has 198 valence electrons. The van der Waals surface area contributed by atoms with Crippen LogP contribution in [0.2, 0.25) is 0 Å². The first-order chi connectivity index (χ1) is 16.9. The zero-order valence-corrected chi connectivity index (χ0v) is 20.3. The standard InChI is InChI=1S/C24H30F4N4O4/c1-15(12-23(19(33)11-20(34)29-23)13-30-4-3-24(27,28)14-30)22(35)32-7-5-31(6-8-32)16-9-17(25)21(26)18(10-16)36-2/h9-10,15H,3-8,11-14H2,1-2H3,(H,29,34)/t15-,23-/m0/s1. The molecule has 0 aliphatic carbocycles. The van der Waals surface area contributed by atoms with Crippen LogP contribution in [-0.2, 0) is 14.4 Å². The fourth-order valence-corrected chi connectivity index (χ4v) is 5.36. The Kier molecular flexibility index (Phi) is 7.18. The molecule has 0 saturated carbocycles. The van der Waals surface area contributed by atoms with Gasteiger partial charge in [0.2, 0.25) is 17.6 Å². The summed E-state index contributed by atoms with van der Waals surface area (Å²) in [5.74, 6) is -6.87. The van der Waals surface area contributed by atoms with E-state index in [0.29, 0.717) is 31.9 Å². The summed E-state index contributed by atoms with van der Waals surface area (Å²) in [4.78, 5) is 42.9. The summed E-state index contributed by atoms with van der Waals surface area (Å²) in [5.41, 5.74) is -0.942. The van der Waals surface area contributed by atoms with Crippen molar-refractivity contribution in [1.29, 1.82) is 0 Å². The molecular weight excluding hydrogens is 484 g/mol. The number of Topliss-reactive ketones (excluding diaryl/α,β-unsaturated/α-hetero) is 1. The van der Waals surface area contributed by atoms with E-state index in [1.165, 1.54) is 18.1 Å². The van der Waals surface area contributed by atoms with Crippen molar-refractivity contribution < 1.29 is 36.7 Å². The van der Waals surface area contributed by atoms with Gasteiger partial charge < -0.3 is 19.9 Å². The Balaban J connectivity index is 1.40. The fourth-order valence-electron chi connectivity index (χ4n) is 5.36. The van der Waals surface area contributed by atoms with Gasteiger partial charge in [0.05, 0.1) is 20.1 Å². The summed E-state index contributed by atoms with van der Waals surface area (Å²) in [5, 5.41) is 2.68. The topological polar surface area (TPSA) is 82.2 Å². The highest BCUT2D eigenvalue weighted by atomic mass is 19.3. The molecular formula is C24H30F4N4O4.